The topological polar surface area (TPSA) is 45.4 Å². The van der Waals surface area contributed by atoms with Crippen LogP contribution in [0.15, 0.2) is 29.6 Å². The van der Waals surface area contributed by atoms with Crippen LogP contribution < -0.4 is 15.5 Å². The summed E-state index contributed by atoms with van der Waals surface area (Å²) in [6.45, 7) is 3.93. The van der Waals surface area contributed by atoms with E-state index in [4.69, 9.17) is 5.73 Å². The van der Waals surface area contributed by atoms with Crippen LogP contribution >= 0.6 is 11.3 Å². The average Bonchev–Trinajstić information content (AvgIpc) is 2.89. The van der Waals surface area contributed by atoms with Crippen LogP contribution in [-0.2, 0) is 0 Å². The number of benzene rings is 1. The second-order valence-corrected chi connectivity index (χ2v) is 5.74. The molecule has 1 aliphatic rings. The van der Waals surface area contributed by atoms with Gasteiger partial charge in [0.05, 0.1) is 17.1 Å². The third-order valence-electron chi connectivity index (χ3n) is 3.45. The van der Waals surface area contributed by atoms with Crippen molar-refractivity contribution < 1.29 is 0 Å². The Hall–Kier alpha value is -1.59. The fourth-order valence-electron chi connectivity index (χ4n) is 2.31. The molecule has 0 aliphatic carbocycles. The third kappa shape index (κ3) is 2.19. The highest BCUT2D eigenvalue weighted by Crippen LogP contribution is 2.38. The van der Waals surface area contributed by atoms with Gasteiger partial charge in [0.25, 0.3) is 0 Å². The Labute approximate surface area is 117 Å². The smallest absolute Gasteiger partial charge is 0.190 e. The number of hydrogen-bond acceptors (Lipinski definition) is 5. The SMILES string of the molecule is CC(N)c1csc(N2CCN(C)c3ccccc32)n1. The fraction of sp³-hybridized carbons (Fsp3) is 0.357. The molecule has 0 radical (unpaired) electrons. The Morgan fingerprint density at radius 1 is 1.26 bits per heavy atom. The molecule has 0 fully saturated rings. The second kappa shape index (κ2) is 4.83. The Kier molecular flexibility index (Phi) is 3.16. The monoisotopic (exact) mass is 274 g/mol. The third-order valence-corrected chi connectivity index (χ3v) is 4.33. The lowest BCUT2D eigenvalue weighted by Crippen LogP contribution is -2.36. The minimum Gasteiger partial charge on any atom is -0.371 e. The maximum absolute atomic E-state index is 5.89. The number of likely N-dealkylation sites (N-methyl/N-ethyl adjacent to an activating group) is 1. The van der Waals surface area contributed by atoms with E-state index in [0.29, 0.717) is 0 Å². The zero-order valence-corrected chi connectivity index (χ0v) is 12.0. The van der Waals surface area contributed by atoms with E-state index in [2.05, 4.69) is 51.5 Å². The average molecular weight is 274 g/mol. The molecule has 19 heavy (non-hydrogen) atoms. The molecule has 5 heteroatoms. The molecule has 2 aromatic rings. The maximum Gasteiger partial charge on any atom is 0.190 e. The van der Waals surface area contributed by atoms with Gasteiger partial charge in [0.1, 0.15) is 0 Å². The van der Waals surface area contributed by atoms with Crippen molar-refractivity contribution in [2.45, 2.75) is 13.0 Å². The van der Waals surface area contributed by atoms with E-state index in [1.165, 1.54) is 11.4 Å². The number of para-hydroxylation sites is 2. The van der Waals surface area contributed by atoms with Crippen LogP contribution in [0.5, 0.6) is 0 Å². The van der Waals surface area contributed by atoms with Crippen LogP contribution in [0.25, 0.3) is 0 Å². The van der Waals surface area contributed by atoms with E-state index in [0.717, 1.165) is 23.9 Å². The number of fused-ring (bicyclic) bond motifs is 1. The van der Waals surface area contributed by atoms with Gasteiger partial charge in [0.2, 0.25) is 0 Å². The largest absolute Gasteiger partial charge is 0.371 e. The highest BCUT2D eigenvalue weighted by atomic mass is 32.1. The standard InChI is InChI=1S/C14H18N4S/c1-10(15)11-9-19-14(16-11)18-8-7-17(2)12-5-3-4-6-13(12)18/h3-6,9-10H,7-8,15H2,1-2H3. The lowest BCUT2D eigenvalue weighted by Gasteiger charge is -2.35. The Morgan fingerprint density at radius 3 is 2.68 bits per heavy atom. The van der Waals surface area contributed by atoms with Crippen molar-refractivity contribution in [3.63, 3.8) is 0 Å². The van der Waals surface area contributed by atoms with E-state index in [9.17, 15) is 0 Å². The number of nitrogens with zero attached hydrogens (tertiary/aromatic N) is 3. The van der Waals surface area contributed by atoms with E-state index in [1.54, 1.807) is 11.3 Å². The highest BCUT2D eigenvalue weighted by molar-refractivity contribution is 7.13. The van der Waals surface area contributed by atoms with Gasteiger partial charge in [0, 0.05) is 31.6 Å². The molecule has 0 saturated carbocycles. The van der Waals surface area contributed by atoms with Crippen molar-refractivity contribution >= 4 is 27.8 Å². The summed E-state index contributed by atoms with van der Waals surface area (Å²) in [7, 11) is 2.13. The van der Waals surface area contributed by atoms with Gasteiger partial charge in [-0.15, -0.1) is 11.3 Å². The first-order valence-corrected chi connectivity index (χ1v) is 7.33. The molecule has 0 saturated heterocycles. The fourth-order valence-corrected chi connectivity index (χ4v) is 3.28. The van der Waals surface area contributed by atoms with Gasteiger partial charge in [-0.1, -0.05) is 12.1 Å². The lowest BCUT2D eigenvalue weighted by atomic mass is 10.2. The molecular weight excluding hydrogens is 256 g/mol. The van der Waals surface area contributed by atoms with Gasteiger partial charge in [-0.3, -0.25) is 0 Å². The summed E-state index contributed by atoms with van der Waals surface area (Å²) >= 11 is 1.67. The molecule has 2 N–H and O–H groups in total. The number of hydrogen-bond donors (Lipinski definition) is 1. The molecule has 0 bridgehead atoms. The van der Waals surface area contributed by atoms with Gasteiger partial charge in [0.15, 0.2) is 5.13 Å². The van der Waals surface area contributed by atoms with Crippen LogP contribution in [0, 0.1) is 0 Å². The molecule has 1 aliphatic heterocycles. The van der Waals surface area contributed by atoms with Gasteiger partial charge in [-0.25, -0.2) is 4.98 Å². The Bertz CT molecular complexity index is 578. The summed E-state index contributed by atoms with van der Waals surface area (Å²) in [6, 6.07) is 8.45. The molecule has 1 aromatic heterocycles. The van der Waals surface area contributed by atoms with Crippen LogP contribution in [-0.4, -0.2) is 25.1 Å². The number of rotatable bonds is 2. The van der Waals surface area contributed by atoms with Crippen LogP contribution in [0.4, 0.5) is 16.5 Å². The van der Waals surface area contributed by atoms with Crippen molar-refractivity contribution in [3.05, 3.63) is 35.3 Å². The molecule has 2 heterocycles. The molecule has 4 nitrogen and oxygen atoms in total. The maximum atomic E-state index is 5.89. The summed E-state index contributed by atoms with van der Waals surface area (Å²) in [6.07, 6.45) is 0. The Balaban J connectivity index is 1.99. The van der Waals surface area contributed by atoms with E-state index in [1.807, 2.05) is 6.92 Å². The van der Waals surface area contributed by atoms with Gasteiger partial charge in [-0.2, -0.15) is 0 Å². The van der Waals surface area contributed by atoms with Crippen molar-refractivity contribution in [1.82, 2.24) is 4.98 Å². The minimum atomic E-state index is -0.00675. The van der Waals surface area contributed by atoms with Crippen molar-refractivity contribution in [2.75, 3.05) is 29.9 Å². The summed E-state index contributed by atoms with van der Waals surface area (Å²) < 4.78 is 0. The second-order valence-electron chi connectivity index (χ2n) is 4.91. The normalized spacial score (nSPS) is 16.4. The van der Waals surface area contributed by atoms with Gasteiger partial charge in [-0.05, 0) is 19.1 Å². The molecule has 0 spiro atoms. The zero-order valence-electron chi connectivity index (χ0n) is 11.2. The van der Waals surface area contributed by atoms with Gasteiger partial charge < -0.3 is 15.5 Å². The van der Waals surface area contributed by atoms with Crippen LogP contribution in [0.2, 0.25) is 0 Å². The summed E-state index contributed by atoms with van der Waals surface area (Å²) in [5.41, 5.74) is 9.34. The highest BCUT2D eigenvalue weighted by Gasteiger charge is 2.23. The van der Waals surface area contributed by atoms with Crippen LogP contribution in [0.1, 0.15) is 18.7 Å². The predicted molar refractivity (Wildman–Crippen MR) is 81.4 cm³/mol. The Morgan fingerprint density at radius 2 is 2.00 bits per heavy atom. The summed E-state index contributed by atoms with van der Waals surface area (Å²) in [5, 5.41) is 3.09. The summed E-state index contributed by atoms with van der Waals surface area (Å²) in [5.74, 6) is 0. The molecule has 100 valence electrons. The van der Waals surface area contributed by atoms with Gasteiger partial charge >= 0.3 is 0 Å². The number of thiazole rings is 1. The molecule has 1 atom stereocenters. The van der Waals surface area contributed by atoms with E-state index >= 15 is 0 Å². The number of aromatic nitrogens is 1. The molecule has 3 rings (SSSR count). The molecular formula is C14H18N4S. The van der Waals surface area contributed by atoms with Crippen molar-refractivity contribution in [2.24, 2.45) is 5.73 Å². The summed E-state index contributed by atoms with van der Waals surface area (Å²) in [4.78, 5) is 9.23. The van der Waals surface area contributed by atoms with Crippen LogP contribution in [0.3, 0.4) is 0 Å². The lowest BCUT2D eigenvalue weighted by molar-refractivity contribution is 0.778. The first-order valence-electron chi connectivity index (χ1n) is 6.45. The molecule has 1 unspecified atom stereocenters. The predicted octanol–water partition coefficient (Wildman–Crippen LogP) is 2.75. The number of nitrogens with two attached hydrogens (primary N) is 1. The van der Waals surface area contributed by atoms with E-state index < -0.39 is 0 Å². The first kappa shape index (κ1) is 12.4. The quantitative estimate of drug-likeness (QED) is 0.914. The van der Waals surface area contributed by atoms with Crippen molar-refractivity contribution in [3.8, 4) is 0 Å². The number of anilines is 3. The molecule has 1 aromatic carbocycles. The van der Waals surface area contributed by atoms with E-state index in [-0.39, 0.29) is 6.04 Å². The van der Waals surface area contributed by atoms with Crippen molar-refractivity contribution in [1.29, 1.82) is 0 Å². The molecule has 0 amide bonds. The minimum absolute atomic E-state index is 0.00675. The zero-order chi connectivity index (χ0) is 13.4. The first-order chi connectivity index (χ1) is 9.16.